The average molecular weight is 352 g/mol. The smallest absolute Gasteiger partial charge is 0.254 e. The van der Waals surface area contributed by atoms with Crippen molar-refractivity contribution >= 4 is 17.5 Å². The molecule has 0 aliphatic carbocycles. The van der Waals surface area contributed by atoms with Gasteiger partial charge in [0.25, 0.3) is 5.91 Å². The molecule has 4 rings (SSSR count). The Bertz CT molecular complexity index is 817. The number of carbonyl (C=O) groups excluding carboxylic acids is 2. The number of likely N-dealkylation sites (tertiary alicyclic amines) is 1. The zero-order valence-corrected chi connectivity index (χ0v) is 14.5. The first-order valence-corrected chi connectivity index (χ1v) is 9.10. The van der Waals surface area contributed by atoms with Crippen LogP contribution in [0.15, 0.2) is 48.5 Å². The molecule has 2 amide bonds. The van der Waals surface area contributed by atoms with Crippen LogP contribution in [0, 0.1) is 5.82 Å². The van der Waals surface area contributed by atoms with Gasteiger partial charge in [0.05, 0.1) is 6.04 Å². The van der Waals surface area contributed by atoms with Gasteiger partial charge in [-0.3, -0.25) is 9.59 Å². The molecule has 1 unspecified atom stereocenters. The molecule has 2 aliphatic heterocycles. The topological polar surface area (TPSA) is 40.6 Å². The SMILES string of the molecule is O=C1CCCN1c1ccc(C(=O)N2CCCC2c2ccc(F)cc2)cc1. The van der Waals surface area contributed by atoms with Crippen molar-refractivity contribution in [2.24, 2.45) is 0 Å². The van der Waals surface area contributed by atoms with Gasteiger partial charge in [0.1, 0.15) is 5.82 Å². The Labute approximate surface area is 152 Å². The third kappa shape index (κ3) is 3.09. The lowest BCUT2D eigenvalue weighted by atomic mass is 10.0. The van der Waals surface area contributed by atoms with E-state index in [1.54, 1.807) is 29.2 Å². The van der Waals surface area contributed by atoms with E-state index >= 15 is 0 Å². The second kappa shape index (κ2) is 6.90. The summed E-state index contributed by atoms with van der Waals surface area (Å²) in [5.74, 6) is -0.146. The highest BCUT2D eigenvalue weighted by atomic mass is 19.1. The second-order valence-corrected chi connectivity index (χ2v) is 6.90. The summed E-state index contributed by atoms with van der Waals surface area (Å²) in [6, 6.07) is 13.7. The number of carbonyl (C=O) groups is 2. The summed E-state index contributed by atoms with van der Waals surface area (Å²) in [7, 11) is 0. The van der Waals surface area contributed by atoms with Crippen LogP contribution in [-0.4, -0.2) is 29.8 Å². The van der Waals surface area contributed by atoms with E-state index in [1.165, 1.54) is 12.1 Å². The number of anilines is 1. The predicted molar refractivity (Wildman–Crippen MR) is 97.4 cm³/mol. The first-order chi connectivity index (χ1) is 12.6. The van der Waals surface area contributed by atoms with E-state index in [9.17, 15) is 14.0 Å². The van der Waals surface area contributed by atoms with Crippen LogP contribution in [0.5, 0.6) is 0 Å². The fourth-order valence-electron chi connectivity index (χ4n) is 3.91. The lowest BCUT2D eigenvalue weighted by Crippen LogP contribution is -2.30. The Morgan fingerprint density at radius 3 is 2.35 bits per heavy atom. The van der Waals surface area contributed by atoms with E-state index in [4.69, 9.17) is 0 Å². The second-order valence-electron chi connectivity index (χ2n) is 6.90. The maximum Gasteiger partial charge on any atom is 0.254 e. The van der Waals surface area contributed by atoms with E-state index in [0.29, 0.717) is 18.5 Å². The molecule has 2 aliphatic rings. The molecule has 1 atom stereocenters. The Kier molecular flexibility index (Phi) is 4.45. The van der Waals surface area contributed by atoms with Gasteiger partial charge in [-0.25, -0.2) is 4.39 Å². The molecule has 2 aromatic carbocycles. The minimum atomic E-state index is -0.267. The molecule has 2 heterocycles. The van der Waals surface area contributed by atoms with Crippen molar-refractivity contribution in [2.45, 2.75) is 31.7 Å². The summed E-state index contributed by atoms with van der Waals surface area (Å²) >= 11 is 0. The summed E-state index contributed by atoms with van der Waals surface area (Å²) in [6.07, 6.45) is 3.30. The number of benzene rings is 2. The van der Waals surface area contributed by atoms with Gasteiger partial charge >= 0.3 is 0 Å². The van der Waals surface area contributed by atoms with Crippen molar-refractivity contribution in [1.82, 2.24) is 4.90 Å². The molecular weight excluding hydrogens is 331 g/mol. The number of hydrogen-bond acceptors (Lipinski definition) is 2. The molecule has 0 saturated carbocycles. The summed E-state index contributed by atoms with van der Waals surface area (Å²) in [6.45, 7) is 1.44. The molecule has 0 N–H and O–H groups in total. The van der Waals surface area contributed by atoms with Gasteiger partial charge in [-0.2, -0.15) is 0 Å². The van der Waals surface area contributed by atoms with Crippen LogP contribution >= 0.6 is 0 Å². The van der Waals surface area contributed by atoms with Gasteiger partial charge in [0, 0.05) is 30.8 Å². The monoisotopic (exact) mass is 352 g/mol. The summed E-state index contributed by atoms with van der Waals surface area (Å²) < 4.78 is 13.2. The molecule has 5 heteroatoms. The fraction of sp³-hybridized carbons (Fsp3) is 0.333. The lowest BCUT2D eigenvalue weighted by Gasteiger charge is -2.25. The normalized spacial score (nSPS) is 20.0. The molecule has 0 bridgehead atoms. The minimum Gasteiger partial charge on any atom is -0.332 e. The van der Waals surface area contributed by atoms with Gasteiger partial charge in [-0.1, -0.05) is 12.1 Å². The summed E-state index contributed by atoms with van der Waals surface area (Å²) in [5.41, 5.74) is 2.44. The molecule has 2 saturated heterocycles. The molecule has 0 aromatic heterocycles. The Balaban J connectivity index is 1.53. The van der Waals surface area contributed by atoms with Crippen LogP contribution in [0.4, 0.5) is 10.1 Å². The van der Waals surface area contributed by atoms with Crippen molar-refractivity contribution in [3.8, 4) is 0 Å². The largest absolute Gasteiger partial charge is 0.332 e. The molecule has 2 aromatic rings. The van der Waals surface area contributed by atoms with Crippen LogP contribution in [0.2, 0.25) is 0 Å². The van der Waals surface area contributed by atoms with Crippen LogP contribution in [0.3, 0.4) is 0 Å². The Morgan fingerprint density at radius 2 is 1.69 bits per heavy atom. The average Bonchev–Trinajstić information content (AvgIpc) is 3.31. The van der Waals surface area contributed by atoms with Gasteiger partial charge in [-0.15, -0.1) is 0 Å². The first-order valence-electron chi connectivity index (χ1n) is 9.10. The summed E-state index contributed by atoms with van der Waals surface area (Å²) in [5, 5.41) is 0. The van der Waals surface area contributed by atoms with Crippen molar-refractivity contribution in [1.29, 1.82) is 0 Å². The molecule has 2 fully saturated rings. The number of nitrogens with zero attached hydrogens (tertiary/aromatic N) is 2. The van der Waals surface area contributed by atoms with Gasteiger partial charge in [0.2, 0.25) is 5.91 Å². The molecule has 26 heavy (non-hydrogen) atoms. The van der Waals surface area contributed by atoms with Crippen molar-refractivity contribution in [2.75, 3.05) is 18.0 Å². The quantitative estimate of drug-likeness (QED) is 0.840. The standard InChI is InChI=1S/C21H21FN2O2/c22-17-9-5-15(6-10-17)19-3-1-14-24(19)21(26)16-7-11-18(12-8-16)23-13-2-4-20(23)25/h5-12,19H,1-4,13-14H2. The number of hydrogen-bond donors (Lipinski definition) is 0. The van der Waals surface area contributed by atoms with Gasteiger partial charge in [-0.05, 0) is 61.2 Å². The molecule has 134 valence electrons. The van der Waals surface area contributed by atoms with Crippen molar-refractivity contribution < 1.29 is 14.0 Å². The third-order valence-corrected chi connectivity index (χ3v) is 5.27. The van der Waals surface area contributed by atoms with E-state index in [1.807, 2.05) is 17.0 Å². The van der Waals surface area contributed by atoms with Crippen LogP contribution in [0.25, 0.3) is 0 Å². The van der Waals surface area contributed by atoms with Crippen LogP contribution in [0.1, 0.15) is 47.6 Å². The van der Waals surface area contributed by atoms with Crippen LogP contribution < -0.4 is 4.90 Å². The van der Waals surface area contributed by atoms with E-state index in [2.05, 4.69) is 0 Å². The first kappa shape index (κ1) is 16.8. The van der Waals surface area contributed by atoms with Crippen molar-refractivity contribution in [3.05, 3.63) is 65.5 Å². The fourth-order valence-corrected chi connectivity index (χ4v) is 3.91. The predicted octanol–water partition coefficient (Wildman–Crippen LogP) is 3.93. The van der Waals surface area contributed by atoms with E-state index in [-0.39, 0.29) is 23.7 Å². The molecule has 4 nitrogen and oxygen atoms in total. The van der Waals surface area contributed by atoms with Gasteiger partial charge in [0.15, 0.2) is 0 Å². The maximum absolute atomic E-state index is 13.2. The van der Waals surface area contributed by atoms with Crippen molar-refractivity contribution in [3.63, 3.8) is 0 Å². The Morgan fingerprint density at radius 1 is 0.962 bits per heavy atom. The molecule has 0 radical (unpaired) electrons. The zero-order valence-electron chi connectivity index (χ0n) is 14.5. The highest BCUT2D eigenvalue weighted by Crippen LogP contribution is 2.33. The van der Waals surface area contributed by atoms with Crippen LogP contribution in [-0.2, 0) is 4.79 Å². The van der Waals surface area contributed by atoms with Gasteiger partial charge < -0.3 is 9.80 Å². The third-order valence-electron chi connectivity index (χ3n) is 5.27. The number of halogens is 1. The van der Waals surface area contributed by atoms with E-state index in [0.717, 1.165) is 37.1 Å². The molecule has 0 spiro atoms. The number of rotatable bonds is 3. The number of amides is 2. The molecular formula is C21H21FN2O2. The lowest BCUT2D eigenvalue weighted by molar-refractivity contribution is -0.117. The highest BCUT2D eigenvalue weighted by Gasteiger charge is 2.30. The highest BCUT2D eigenvalue weighted by molar-refractivity contribution is 5.97. The Hall–Kier alpha value is -2.69. The van der Waals surface area contributed by atoms with E-state index < -0.39 is 0 Å². The maximum atomic E-state index is 13.2. The summed E-state index contributed by atoms with van der Waals surface area (Å²) in [4.78, 5) is 28.5. The minimum absolute atomic E-state index is 0.0112. The zero-order chi connectivity index (χ0) is 18.1.